The standard InChI is InChI=1S/C21H22N4O4S/c1-30(27,28)24-16-11-13-25(14-12-16)21(26)18-10-6-5-9-17(18)20-22-19(23-29-20)15-7-3-2-4-8-15/h2-10,16,24H,11-14H2,1H3. The van der Waals surface area contributed by atoms with Crippen molar-refractivity contribution in [2.24, 2.45) is 0 Å². The Morgan fingerprint density at radius 3 is 2.43 bits per heavy atom. The number of nitrogens with zero attached hydrogens (tertiary/aromatic N) is 3. The molecule has 8 nitrogen and oxygen atoms in total. The number of hydrogen-bond acceptors (Lipinski definition) is 6. The molecule has 1 N–H and O–H groups in total. The monoisotopic (exact) mass is 426 g/mol. The zero-order chi connectivity index (χ0) is 21.1. The summed E-state index contributed by atoms with van der Waals surface area (Å²) in [6.45, 7) is 0.943. The number of piperidine rings is 1. The van der Waals surface area contributed by atoms with Crippen LogP contribution in [0.3, 0.4) is 0 Å². The first kappa shape index (κ1) is 20.2. The van der Waals surface area contributed by atoms with Crippen LogP contribution in [0, 0.1) is 0 Å². The molecule has 0 radical (unpaired) electrons. The first-order valence-electron chi connectivity index (χ1n) is 9.66. The van der Waals surface area contributed by atoms with Crippen molar-refractivity contribution < 1.29 is 17.7 Å². The maximum atomic E-state index is 13.2. The third-order valence-corrected chi connectivity index (χ3v) is 5.77. The molecule has 1 aliphatic heterocycles. The predicted molar refractivity (Wildman–Crippen MR) is 112 cm³/mol. The number of carbonyl (C=O) groups excluding carboxylic acids is 1. The van der Waals surface area contributed by atoms with E-state index in [4.69, 9.17) is 4.52 Å². The number of amides is 1. The molecule has 0 atom stereocenters. The summed E-state index contributed by atoms with van der Waals surface area (Å²) < 4.78 is 30.9. The highest BCUT2D eigenvalue weighted by Crippen LogP contribution is 2.27. The van der Waals surface area contributed by atoms with E-state index in [1.807, 2.05) is 36.4 Å². The molecule has 30 heavy (non-hydrogen) atoms. The molecule has 0 saturated carbocycles. The molecular formula is C21H22N4O4S. The number of carbonyl (C=O) groups is 1. The minimum Gasteiger partial charge on any atom is -0.339 e. The van der Waals surface area contributed by atoms with Crippen LogP contribution in [0.2, 0.25) is 0 Å². The van der Waals surface area contributed by atoms with Crippen LogP contribution in [-0.4, -0.2) is 54.8 Å². The van der Waals surface area contributed by atoms with Gasteiger partial charge in [0.05, 0.1) is 17.4 Å². The summed E-state index contributed by atoms with van der Waals surface area (Å²) in [5.41, 5.74) is 1.89. The van der Waals surface area contributed by atoms with Gasteiger partial charge in [0, 0.05) is 24.7 Å². The fourth-order valence-electron chi connectivity index (χ4n) is 3.57. The van der Waals surface area contributed by atoms with Gasteiger partial charge in [-0.15, -0.1) is 0 Å². The summed E-state index contributed by atoms with van der Waals surface area (Å²) in [4.78, 5) is 19.4. The Morgan fingerprint density at radius 2 is 1.73 bits per heavy atom. The van der Waals surface area contributed by atoms with E-state index in [2.05, 4.69) is 14.9 Å². The molecular weight excluding hydrogens is 404 g/mol. The predicted octanol–water partition coefficient (Wildman–Crippen LogP) is 2.56. The molecule has 1 amide bonds. The molecule has 2 heterocycles. The number of hydrogen-bond donors (Lipinski definition) is 1. The van der Waals surface area contributed by atoms with Gasteiger partial charge in [0.25, 0.3) is 11.8 Å². The molecule has 0 bridgehead atoms. The van der Waals surface area contributed by atoms with Crippen molar-refractivity contribution in [2.45, 2.75) is 18.9 Å². The van der Waals surface area contributed by atoms with Crippen LogP contribution in [0.1, 0.15) is 23.2 Å². The Morgan fingerprint density at radius 1 is 1.07 bits per heavy atom. The summed E-state index contributed by atoms with van der Waals surface area (Å²) >= 11 is 0. The topological polar surface area (TPSA) is 105 Å². The molecule has 156 valence electrons. The summed E-state index contributed by atoms with van der Waals surface area (Å²) in [5, 5.41) is 4.04. The van der Waals surface area contributed by atoms with Gasteiger partial charge in [0.2, 0.25) is 15.8 Å². The minimum absolute atomic E-state index is 0.136. The van der Waals surface area contributed by atoms with E-state index in [0.717, 1.165) is 11.8 Å². The van der Waals surface area contributed by atoms with E-state index >= 15 is 0 Å². The summed E-state index contributed by atoms with van der Waals surface area (Å²) in [7, 11) is -3.26. The molecule has 9 heteroatoms. The molecule has 0 unspecified atom stereocenters. The average molecular weight is 426 g/mol. The fraction of sp³-hybridized carbons (Fsp3) is 0.286. The maximum absolute atomic E-state index is 13.2. The van der Waals surface area contributed by atoms with Crippen molar-refractivity contribution in [1.82, 2.24) is 19.8 Å². The van der Waals surface area contributed by atoms with Crippen LogP contribution in [0.25, 0.3) is 22.8 Å². The second kappa shape index (κ2) is 8.37. The van der Waals surface area contributed by atoms with Gasteiger partial charge in [-0.1, -0.05) is 47.6 Å². The van der Waals surface area contributed by atoms with E-state index in [9.17, 15) is 13.2 Å². The molecule has 1 aromatic heterocycles. The van der Waals surface area contributed by atoms with Crippen molar-refractivity contribution in [2.75, 3.05) is 19.3 Å². The molecule has 1 saturated heterocycles. The maximum Gasteiger partial charge on any atom is 0.259 e. The van der Waals surface area contributed by atoms with E-state index in [0.29, 0.717) is 42.9 Å². The van der Waals surface area contributed by atoms with Gasteiger partial charge in [-0.2, -0.15) is 4.98 Å². The van der Waals surface area contributed by atoms with Crippen molar-refractivity contribution >= 4 is 15.9 Å². The number of likely N-dealkylation sites (tertiary alicyclic amines) is 1. The Labute approximate surface area is 175 Å². The third-order valence-electron chi connectivity index (χ3n) is 5.01. The zero-order valence-electron chi connectivity index (χ0n) is 16.5. The number of aromatic nitrogens is 2. The molecule has 3 aromatic rings. The Bertz CT molecular complexity index is 1140. The van der Waals surface area contributed by atoms with E-state index in [1.165, 1.54) is 0 Å². The Kier molecular flexibility index (Phi) is 5.65. The van der Waals surface area contributed by atoms with Crippen molar-refractivity contribution in [3.8, 4) is 22.8 Å². The molecule has 2 aromatic carbocycles. The number of benzene rings is 2. The van der Waals surface area contributed by atoms with Crippen molar-refractivity contribution in [3.63, 3.8) is 0 Å². The van der Waals surface area contributed by atoms with Gasteiger partial charge in [0.1, 0.15) is 0 Å². The van der Waals surface area contributed by atoms with Crippen molar-refractivity contribution in [1.29, 1.82) is 0 Å². The summed E-state index contributed by atoms with van der Waals surface area (Å²) in [6, 6.07) is 16.5. The second-order valence-corrected chi connectivity index (χ2v) is 9.07. The highest BCUT2D eigenvalue weighted by molar-refractivity contribution is 7.88. The van der Waals surface area contributed by atoms with Gasteiger partial charge < -0.3 is 9.42 Å². The van der Waals surface area contributed by atoms with Crippen LogP contribution >= 0.6 is 0 Å². The smallest absolute Gasteiger partial charge is 0.259 e. The number of rotatable bonds is 5. The first-order chi connectivity index (χ1) is 14.4. The Hall–Kier alpha value is -3.04. The van der Waals surface area contributed by atoms with E-state index in [1.54, 1.807) is 23.1 Å². The molecule has 1 aliphatic rings. The van der Waals surface area contributed by atoms with Gasteiger partial charge in [0.15, 0.2) is 0 Å². The van der Waals surface area contributed by atoms with Crippen LogP contribution < -0.4 is 4.72 Å². The highest BCUT2D eigenvalue weighted by Gasteiger charge is 2.27. The molecule has 1 fully saturated rings. The van der Waals surface area contributed by atoms with E-state index in [-0.39, 0.29) is 17.8 Å². The molecule has 0 spiro atoms. The van der Waals surface area contributed by atoms with Gasteiger partial charge in [-0.05, 0) is 25.0 Å². The Balaban J connectivity index is 1.53. The largest absolute Gasteiger partial charge is 0.339 e. The van der Waals surface area contributed by atoms with Crippen molar-refractivity contribution in [3.05, 3.63) is 60.2 Å². The fourth-order valence-corrected chi connectivity index (χ4v) is 4.41. The lowest BCUT2D eigenvalue weighted by Crippen LogP contribution is -2.46. The lowest BCUT2D eigenvalue weighted by molar-refractivity contribution is 0.0712. The lowest BCUT2D eigenvalue weighted by Gasteiger charge is -2.32. The number of nitrogens with one attached hydrogen (secondary N) is 1. The van der Waals surface area contributed by atoms with Crippen LogP contribution in [0.15, 0.2) is 59.1 Å². The van der Waals surface area contributed by atoms with Gasteiger partial charge >= 0.3 is 0 Å². The first-order valence-corrected chi connectivity index (χ1v) is 11.5. The van der Waals surface area contributed by atoms with Gasteiger partial charge in [-0.25, -0.2) is 13.1 Å². The van der Waals surface area contributed by atoms with Gasteiger partial charge in [-0.3, -0.25) is 4.79 Å². The highest BCUT2D eigenvalue weighted by atomic mass is 32.2. The SMILES string of the molecule is CS(=O)(=O)NC1CCN(C(=O)c2ccccc2-c2nc(-c3ccccc3)no2)CC1. The summed E-state index contributed by atoms with van der Waals surface area (Å²) in [5.74, 6) is 0.606. The van der Waals surface area contributed by atoms with Crippen LogP contribution in [-0.2, 0) is 10.0 Å². The lowest BCUT2D eigenvalue weighted by atomic mass is 10.0. The quantitative estimate of drug-likeness (QED) is 0.672. The number of sulfonamides is 1. The van der Waals surface area contributed by atoms with Crippen LogP contribution in [0.5, 0.6) is 0 Å². The zero-order valence-corrected chi connectivity index (χ0v) is 17.3. The third kappa shape index (κ3) is 4.58. The molecule has 4 rings (SSSR count). The summed E-state index contributed by atoms with van der Waals surface area (Å²) in [6.07, 6.45) is 2.29. The molecule has 0 aliphatic carbocycles. The van der Waals surface area contributed by atoms with E-state index < -0.39 is 10.0 Å². The minimum atomic E-state index is -3.26. The average Bonchev–Trinajstić information content (AvgIpc) is 3.23. The van der Waals surface area contributed by atoms with Crippen LogP contribution in [0.4, 0.5) is 0 Å². The second-order valence-electron chi connectivity index (χ2n) is 7.29. The normalized spacial score (nSPS) is 15.3.